The first kappa shape index (κ1) is 39.7. The summed E-state index contributed by atoms with van der Waals surface area (Å²) in [7, 11) is -1.74. The Labute approximate surface area is 305 Å². The zero-order valence-corrected chi connectivity index (χ0v) is 30.8. The van der Waals surface area contributed by atoms with E-state index in [0.717, 1.165) is 28.7 Å². The van der Waals surface area contributed by atoms with E-state index in [1.165, 1.54) is 0 Å². The van der Waals surface area contributed by atoms with Gasteiger partial charge in [0.05, 0.1) is 44.5 Å². The molecular formula is C36H46Cl2N4O7S. The summed E-state index contributed by atoms with van der Waals surface area (Å²) in [6.07, 6.45) is 1.81. The second-order valence-corrected chi connectivity index (χ2v) is 14.7. The van der Waals surface area contributed by atoms with E-state index in [0.29, 0.717) is 81.2 Å². The van der Waals surface area contributed by atoms with Crippen molar-refractivity contribution in [3.05, 3.63) is 93.0 Å². The molecular weight excluding hydrogens is 703 g/mol. The predicted molar refractivity (Wildman–Crippen MR) is 196 cm³/mol. The number of nitrogens with zero attached hydrogens (tertiary/aromatic N) is 1. The van der Waals surface area contributed by atoms with Crippen molar-refractivity contribution in [1.29, 1.82) is 0 Å². The van der Waals surface area contributed by atoms with Gasteiger partial charge in [0, 0.05) is 60.7 Å². The highest BCUT2D eigenvalue weighted by molar-refractivity contribution is 7.89. The Balaban J connectivity index is 1.05. The van der Waals surface area contributed by atoms with Gasteiger partial charge in [-0.1, -0.05) is 54.4 Å². The first-order chi connectivity index (χ1) is 24.1. The number of ketones is 1. The minimum Gasteiger partial charge on any atom is -0.378 e. The van der Waals surface area contributed by atoms with Crippen LogP contribution in [0.4, 0.5) is 10.5 Å². The van der Waals surface area contributed by atoms with E-state index in [9.17, 15) is 18.0 Å². The van der Waals surface area contributed by atoms with E-state index >= 15 is 0 Å². The summed E-state index contributed by atoms with van der Waals surface area (Å²) in [6.45, 7) is 5.67. The summed E-state index contributed by atoms with van der Waals surface area (Å²) in [5.41, 5.74) is 4.45. The summed E-state index contributed by atoms with van der Waals surface area (Å²) >= 11 is 12.8. The summed E-state index contributed by atoms with van der Waals surface area (Å²) in [5, 5.41) is 6.64. The fourth-order valence-corrected chi connectivity index (χ4v) is 7.25. The average molecular weight is 750 g/mol. The Morgan fingerprint density at radius 1 is 0.900 bits per heavy atom. The minimum absolute atomic E-state index is 0.0722. The van der Waals surface area contributed by atoms with Gasteiger partial charge in [-0.2, -0.15) is 0 Å². The number of benzene rings is 3. The number of sulfonamides is 1. The van der Waals surface area contributed by atoms with Gasteiger partial charge in [-0.05, 0) is 72.1 Å². The average Bonchev–Trinajstić information content (AvgIpc) is 3.08. The maximum absolute atomic E-state index is 13.1. The summed E-state index contributed by atoms with van der Waals surface area (Å²) in [4.78, 5) is 26.2. The summed E-state index contributed by atoms with van der Waals surface area (Å²) in [6, 6.07) is 17.5. The number of nitrogens with one attached hydrogen (secondary N) is 3. The standard InChI is InChI=1S/C36H46Cl2N4O7S/c1-3-5-30(43)20-26-8-10-29(11-9-26)41-36(44)39-12-14-47-16-18-49-19-17-48-15-13-40-50(45,46)31-7-4-6-27(21-31)33-24-42(2)25-34-32(33)22-28(37)23-35(34)38/h4,6-11,21-23,33,40H,3,5,12-20,24-25H2,1-2H3,(H2,39,41,44). The molecule has 0 radical (unpaired) electrons. The van der Waals surface area contributed by atoms with E-state index in [1.54, 1.807) is 36.4 Å². The van der Waals surface area contributed by atoms with Gasteiger partial charge >= 0.3 is 6.03 Å². The number of rotatable bonds is 20. The van der Waals surface area contributed by atoms with Crippen LogP contribution in [0, 0.1) is 0 Å². The number of likely N-dealkylation sites (N-methyl/N-ethyl adjacent to an activating group) is 1. The van der Waals surface area contributed by atoms with E-state index < -0.39 is 10.0 Å². The van der Waals surface area contributed by atoms with Crippen molar-refractivity contribution >= 4 is 50.7 Å². The molecule has 0 spiro atoms. The highest BCUT2D eigenvalue weighted by atomic mass is 35.5. The molecule has 50 heavy (non-hydrogen) atoms. The fraction of sp³-hybridized carbons (Fsp3) is 0.444. The molecule has 0 aliphatic carbocycles. The van der Waals surface area contributed by atoms with Gasteiger partial charge in [-0.15, -0.1) is 0 Å². The lowest BCUT2D eigenvalue weighted by Gasteiger charge is -2.33. The van der Waals surface area contributed by atoms with E-state index in [-0.39, 0.29) is 35.8 Å². The van der Waals surface area contributed by atoms with Gasteiger partial charge in [0.1, 0.15) is 5.78 Å². The highest BCUT2D eigenvalue weighted by Crippen LogP contribution is 2.38. The van der Waals surface area contributed by atoms with Crippen molar-refractivity contribution in [1.82, 2.24) is 14.9 Å². The van der Waals surface area contributed by atoms with Crippen LogP contribution in [0.1, 0.15) is 47.9 Å². The number of halogens is 2. The zero-order chi connectivity index (χ0) is 35.9. The van der Waals surface area contributed by atoms with Crippen molar-refractivity contribution in [2.24, 2.45) is 0 Å². The van der Waals surface area contributed by atoms with Crippen molar-refractivity contribution < 1.29 is 32.2 Å². The SMILES string of the molecule is CCCC(=O)Cc1ccc(NC(=O)NCCOCCOCCOCCNS(=O)(=O)c2cccc(C3CN(C)Cc4c(Cl)cc(Cl)cc43)c2)cc1. The normalized spacial score (nSPS) is 14.7. The molecule has 11 nitrogen and oxygen atoms in total. The van der Waals surface area contributed by atoms with Crippen LogP contribution in [0.15, 0.2) is 65.6 Å². The molecule has 1 heterocycles. The summed E-state index contributed by atoms with van der Waals surface area (Å²) in [5.74, 6) is 0.132. The van der Waals surface area contributed by atoms with Crippen LogP contribution < -0.4 is 15.4 Å². The monoisotopic (exact) mass is 748 g/mol. The van der Waals surface area contributed by atoms with Gasteiger partial charge in [-0.25, -0.2) is 17.9 Å². The fourth-order valence-electron chi connectivity index (χ4n) is 5.62. The third-order valence-electron chi connectivity index (χ3n) is 8.02. The molecule has 3 aromatic carbocycles. The molecule has 4 rings (SSSR count). The zero-order valence-electron chi connectivity index (χ0n) is 28.5. The number of carbonyl (C=O) groups excluding carboxylic acids is 2. The Bertz CT molecular complexity index is 1680. The number of anilines is 1. The van der Waals surface area contributed by atoms with Crippen LogP contribution in [0.5, 0.6) is 0 Å². The second-order valence-electron chi connectivity index (χ2n) is 12.1. The van der Waals surface area contributed by atoms with E-state index in [4.69, 9.17) is 37.4 Å². The van der Waals surface area contributed by atoms with Crippen LogP contribution in [-0.4, -0.2) is 91.5 Å². The lowest BCUT2D eigenvalue weighted by molar-refractivity contribution is -0.118. The maximum Gasteiger partial charge on any atom is 0.319 e. The van der Waals surface area contributed by atoms with Gasteiger partial charge in [0.2, 0.25) is 10.0 Å². The molecule has 0 bridgehead atoms. The van der Waals surface area contributed by atoms with E-state index in [1.807, 2.05) is 38.2 Å². The molecule has 272 valence electrons. The molecule has 0 saturated heterocycles. The van der Waals surface area contributed by atoms with Crippen LogP contribution in [0.3, 0.4) is 0 Å². The Hall–Kier alpha value is -3.07. The lowest BCUT2D eigenvalue weighted by atomic mass is 9.85. The molecule has 3 aromatic rings. The van der Waals surface area contributed by atoms with E-state index in [2.05, 4.69) is 20.3 Å². The molecule has 1 unspecified atom stereocenters. The Kier molecular flexibility index (Phi) is 16.0. The molecule has 3 N–H and O–H groups in total. The molecule has 0 fully saturated rings. The molecule has 1 aliphatic heterocycles. The topological polar surface area (TPSA) is 135 Å². The first-order valence-corrected chi connectivity index (χ1v) is 18.9. The van der Waals surface area contributed by atoms with Gasteiger partial charge in [0.25, 0.3) is 0 Å². The largest absolute Gasteiger partial charge is 0.378 e. The number of urea groups is 1. The number of fused-ring (bicyclic) bond motifs is 1. The number of Topliss-reactive ketones (excluding diaryl/α,β-unsaturated/α-hetero) is 1. The van der Waals surface area contributed by atoms with Gasteiger partial charge in [-0.3, -0.25) is 4.79 Å². The quantitative estimate of drug-likeness (QED) is 0.127. The van der Waals surface area contributed by atoms with Crippen LogP contribution in [0.25, 0.3) is 0 Å². The number of hydrogen-bond acceptors (Lipinski definition) is 8. The second kappa shape index (κ2) is 20.1. The Morgan fingerprint density at radius 2 is 1.58 bits per heavy atom. The molecule has 0 aromatic heterocycles. The molecule has 1 aliphatic rings. The number of amides is 2. The van der Waals surface area contributed by atoms with Crippen molar-refractivity contribution in [2.75, 3.05) is 71.6 Å². The number of hydrogen-bond donors (Lipinski definition) is 3. The molecule has 1 atom stereocenters. The smallest absolute Gasteiger partial charge is 0.319 e. The molecule has 2 amide bonds. The number of ether oxygens (including phenoxy) is 3. The van der Waals surface area contributed by atoms with Crippen molar-refractivity contribution in [3.8, 4) is 0 Å². The Morgan fingerprint density at radius 3 is 2.28 bits per heavy atom. The maximum atomic E-state index is 13.1. The van der Waals surface area contributed by atoms with Crippen molar-refractivity contribution in [2.45, 2.75) is 43.5 Å². The van der Waals surface area contributed by atoms with Gasteiger partial charge in [0.15, 0.2) is 0 Å². The number of carbonyl (C=O) groups is 2. The summed E-state index contributed by atoms with van der Waals surface area (Å²) < 4.78 is 45.2. The van der Waals surface area contributed by atoms with Gasteiger partial charge < -0.3 is 29.7 Å². The van der Waals surface area contributed by atoms with Crippen LogP contribution in [-0.2, 0) is 42.0 Å². The predicted octanol–water partition coefficient (Wildman–Crippen LogP) is 5.63. The van der Waals surface area contributed by atoms with Crippen molar-refractivity contribution in [3.63, 3.8) is 0 Å². The van der Waals surface area contributed by atoms with Crippen LogP contribution >= 0.6 is 23.2 Å². The molecule has 14 heteroatoms. The third-order valence-corrected chi connectivity index (χ3v) is 10.0. The highest BCUT2D eigenvalue weighted by Gasteiger charge is 2.28. The lowest BCUT2D eigenvalue weighted by Crippen LogP contribution is -2.31. The molecule has 0 saturated carbocycles. The third kappa shape index (κ3) is 12.6. The minimum atomic E-state index is -3.75. The van der Waals surface area contributed by atoms with Crippen LogP contribution in [0.2, 0.25) is 10.0 Å². The first-order valence-electron chi connectivity index (χ1n) is 16.7.